The number of nitrogens with one attached hydrogen (secondary N) is 1. The molecule has 0 aliphatic rings. The number of benzene rings is 2. The van der Waals surface area contributed by atoms with Gasteiger partial charge in [0.25, 0.3) is 0 Å². The monoisotopic (exact) mass is 433 g/mol. The number of carbonyl (C=O) groups excluding carboxylic acids is 1. The molecule has 0 radical (unpaired) electrons. The Balaban J connectivity index is 1.53. The molecule has 27 heavy (non-hydrogen) atoms. The number of carbonyl (C=O) groups is 1. The first-order valence-electron chi connectivity index (χ1n) is 8.26. The van der Waals surface area contributed by atoms with E-state index in [-0.39, 0.29) is 18.0 Å². The van der Waals surface area contributed by atoms with Crippen molar-refractivity contribution in [3.05, 3.63) is 58.6 Å². The van der Waals surface area contributed by atoms with Crippen LogP contribution in [-0.4, -0.2) is 32.7 Å². The van der Waals surface area contributed by atoms with Crippen molar-refractivity contribution in [1.82, 2.24) is 20.2 Å². The summed E-state index contributed by atoms with van der Waals surface area (Å²) in [6.07, 6.45) is 0.836. The predicted octanol–water partition coefficient (Wildman–Crippen LogP) is 3.67. The molecule has 3 rings (SSSR count). The molecule has 1 amide bonds. The Morgan fingerprint density at radius 2 is 2.15 bits per heavy atom. The van der Waals surface area contributed by atoms with E-state index in [4.69, 9.17) is 4.74 Å². The largest absolute Gasteiger partial charge is 0.494 e. The van der Waals surface area contributed by atoms with E-state index in [0.717, 1.165) is 10.2 Å². The van der Waals surface area contributed by atoms with Gasteiger partial charge in [0, 0.05) is 16.6 Å². The van der Waals surface area contributed by atoms with E-state index in [9.17, 15) is 9.18 Å². The van der Waals surface area contributed by atoms with E-state index < -0.39 is 5.82 Å². The first kappa shape index (κ1) is 19.0. The molecule has 0 saturated heterocycles. The van der Waals surface area contributed by atoms with E-state index in [1.165, 1.54) is 22.9 Å². The minimum atomic E-state index is -0.481. The van der Waals surface area contributed by atoms with Crippen molar-refractivity contribution >= 4 is 27.5 Å². The summed E-state index contributed by atoms with van der Waals surface area (Å²) >= 11 is 3.38. The second-order valence-corrected chi connectivity index (χ2v) is 6.68. The Labute approximate surface area is 163 Å². The predicted molar refractivity (Wildman–Crippen MR) is 101 cm³/mol. The van der Waals surface area contributed by atoms with Crippen LogP contribution in [-0.2, 0) is 4.79 Å². The van der Waals surface area contributed by atoms with Crippen molar-refractivity contribution in [2.24, 2.45) is 0 Å². The normalized spacial score (nSPS) is 10.6. The highest BCUT2D eigenvalue weighted by Gasteiger charge is 2.11. The lowest BCUT2D eigenvalue weighted by molar-refractivity contribution is -0.116. The van der Waals surface area contributed by atoms with Crippen LogP contribution in [0, 0.1) is 12.7 Å². The molecule has 0 bridgehead atoms. The number of ether oxygens (including phenoxy) is 1. The lowest BCUT2D eigenvalue weighted by Crippen LogP contribution is -2.13. The highest BCUT2D eigenvalue weighted by Crippen LogP contribution is 2.20. The smallest absolute Gasteiger partial charge is 0.224 e. The van der Waals surface area contributed by atoms with Gasteiger partial charge in [-0.3, -0.25) is 4.79 Å². The quantitative estimate of drug-likeness (QED) is 0.574. The summed E-state index contributed by atoms with van der Waals surface area (Å²) in [5, 5.41) is 13.7. The zero-order valence-corrected chi connectivity index (χ0v) is 16.1. The standard InChI is InChI=1S/C18H17BrFN5O2/c1-12-22-23-24-25(12)17-11-14(7-8-16(17)20)21-18(26)6-3-9-27-15-5-2-4-13(19)10-15/h2,4-5,7-8,10-11H,3,6,9H2,1H3,(H,21,26). The van der Waals surface area contributed by atoms with E-state index in [1.54, 1.807) is 6.92 Å². The van der Waals surface area contributed by atoms with Crippen LogP contribution in [0.3, 0.4) is 0 Å². The van der Waals surface area contributed by atoms with E-state index >= 15 is 0 Å². The lowest BCUT2D eigenvalue weighted by Gasteiger charge is -2.09. The molecule has 0 saturated carbocycles. The maximum absolute atomic E-state index is 14.0. The van der Waals surface area contributed by atoms with Crippen LogP contribution in [0.1, 0.15) is 18.7 Å². The molecule has 1 aromatic heterocycles. The fraction of sp³-hybridized carbons (Fsp3) is 0.222. The Morgan fingerprint density at radius 3 is 2.89 bits per heavy atom. The maximum Gasteiger partial charge on any atom is 0.224 e. The highest BCUT2D eigenvalue weighted by atomic mass is 79.9. The SMILES string of the molecule is Cc1nnnn1-c1cc(NC(=O)CCCOc2cccc(Br)c2)ccc1F. The number of aromatic nitrogens is 4. The van der Waals surface area contributed by atoms with Crippen molar-refractivity contribution in [2.45, 2.75) is 19.8 Å². The summed E-state index contributed by atoms with van der Waals surface area (Å²) in [6, 6.07) is 11.8. The van der Waals surface area contributed by atoms with Gasteiger partial charge >= 0.3 is 0 Å². The van der Waals surface area contributed by atoms with Crippen molar-refractivity contribution in [1.29, 1.82) is 0 Å². The second kappa shape index (κ2) is 8.72. The number of hydrogen-bond acceptors (Lipinski definition) is 5. The van der Waals surface area contributed by atoms with E-state index in [1.807, 2.05) is 24.3 Å². The van der Waals surface area contributed by atoms with Gasteiger partial charge < -0.3 is 10.1 Å². The average molecular weight is 434 g/mol. The van der Waals surface area contributed by atoms with Gasteiger partial charge in [-0.15, -0.1) is 5.10 Å². The topological polar surface area (TPSA) is 81.9 Å². The molecule has 0 spiro atoms. The number of amides is 1. The summed E-state index contributed by atoms with van der Waals surface area (Å²) in [7, 11) is 0. The van der Waals surface area contributed by atoms with Crippen molar-refractivity contribution in [3.63, 3.8) is 0 Å². The molecular formula is C18H17BrFN5O2. The van der Waals surface area contributed by atoms with Gasteiger partial charge in [0.15, 0.2) is 5.82 Å². The fourth-order valence-corrected chi connectivity index (χ4v) is 2.79. The number of hydrogen-bond donors (Lipinski definition) is 1. The third-order valence-corrected chi connectivity index (χ3v) is 4.19. The third-order valence-electron chi connectivity index (χ3n) is 3.70. The van der Waals surface area contributed by atoms with Gasteiger partial charge in [0.1, 0.15) is 17.3 Å². The molecule has 0 unspecified atom stereocenters. The molecule has 140 valence electrons. The first-order chi connectivity index (χ1) is 13.0. The summed E-state index contributed by atoms with van der Waals surface area (Å²) in [5.41, 5.74) is 0.646. The van der Waals surface area contributed by atoms with Gasteiger partial charge in [-0.1, -0.05) is 22.0 Å². The van der Waals surface area contributed by atoms with Crippen molar-refractivity contribution in [2.75, 3.05) is 11.9 Å². The second-order valence-electron chi connectivity index (χ2n) is 5.76. The Hall–Kier alpha value is -2.81. The van der Waals surface area contributed by atoms with E-state index in [0.29, 0.717) is 24.5 Å². The molecule has 3 aromatic rings. The molecule has 0 atom stereocenters. The maximum atomic E-state index is 14.0. The van der Waals surface area contributed by atoms with Crippen LogP contribution in [0.15, 0.2) is 46.9 Å². The molecule has 2 aromatic carbocycles. The van der Waals surface area contributed by atoms with Crippen LogP contribution < -0.4 is 10.1 Å². The van der Waals surface area contributed by atoms with Gasteiger partial charge in [-0.2, -0.15) is 4.68 Å². The Morgan fingerprint density at radius 1 is 1.30 bits per heavy atom. The zero-order valence-electron chi connectivity index (χ0n) is 14.5. The molecule has 1 heterocycles. The van der Waals surface area contributed by atoms with Gasteiger partial charge in [0.05, 0.1) is 6.61 Å². The van der Waals surface area contributed by atoms with Crippen LogP contribution in [0.25, 0.3) is 5.69 Å². The van der Waals surface area contributed by atoms with Crippen LogP contribution in [0.2, 0.25) is 0 Å². The van der Waals surface area contributed by atoms with Crippen LogP contribution in [0.5, 0.6) is 5.75 Å². The number of aryl methyl sites for hydroxylation is 1. The number of halogens is 2. The molecule has 0 fully saturated rings. The van der Waals surface area contributed by atoms with Crippen LogP contribution in [0.4, 0.5) is 10.1 Å². The molecule has 9 heteroatoms. The molecule has 0 aliphatic heterocycles. The Bertz CT molecular complexity index is 947. The molecule has 0 aliphatic carbocycles. The third kappa shape index (κ3) is 5.10. The highest BCUT2D eigenvalue weighted by molar-refractivity contribution is 9.10. The van der Waals surface area contributed by atoms with Gasteiger partial charge in [-0.25, -0.2) is 4.39 Å². The summed E-state index contributed by atoms with van der Waals surface area (Å²) in [4.78, 5) is 12.1. The number of nitrogens with zero attached hydrogens (tertiary/aromatic N) is 4. The van der Waals surface area contributed by atoms with E-state index in [2.05, 4.69) is 36.8 Å². The Kier molecular flexibility index (Phi) is 6.12. The first-order valence-corrected chi connectivity index (χ1v) is 9.05. The number of rotatable bonds is 7. The lowest BCUT2D eigenvalue weighted by atomic mass is 10.2. The van der Waals surface area contributed by atoms with Gasteiger partial charge in [0.2, 0.25) is 5.91 Å². The van der Waals surface area contributed by atoms with Crippen LogP contribution >= 0.6 is 15.9 Å². The van der Waals surface area contributed by atoms with Crippen molar-refractivity contribution in [3.8, 4) is 11.4 Å². The minimum absolute atomic E-state index is 0.174. The molecule has 7 nitrogen and oxygen atoms in total. The molecular weight excluding hydrogens is 417 g/mol. The average Bonchev–Trinajstić information content (AvgIpc) is 3.06. The number of anilines is 1. The van der Waals surface area contributed by atoms with Crippen molar-refractivity contribution < 1.29 is 13.9 Å². The van der Waals surface area contributed by atoms with Gasteiger partial charge in [-0.05, 0) is 60.2 Å². The fourth-order valence-electron chi connectivity index (χ4n) is 2.41. The molecule has 1 N–H and O–H groups in total. The summed E-state index contributed by atoms with van der Waals surface area (Å²) in [5.74, 6) is 0.525. The number of tetrazole rings is 1. The zero-order chi connectivity index (χ0) is 19.2. The minimum Gasteiger partial charge on any atom is -0.494 e. The summed E-state index contributed by atoms with van der Waals surface area (Å²) in [6.45, 7) is 2.08. The summed E-state index contributed by atoms with van der Waals surface area (Å²) < 4.78 is 21.8.